The number of benzene rings is 1. The summed E-state index contributed by atoms with van der Waals surface area (Å²) < 4.78 is 10.4. The van der Waals surface area contributed by atoms with E-state index in [4.69, 9.17) is 21.1 Å². The highest BCUT2D eigenvalue weighted by atomic mass is 35.5. The average Bonchev–Trinajstić information content (AvgIpc) is 2.87. The molecule has 0 bridgehead atoms. The predicted molar refractivity (Wildman–Crippen MR) is 76.9 cm³/mol. The Balaban J connectivity index is 2.26. The molecule has 5 heteroatoms. The van der Waals surface area contributed by atoms with Crippen LogP contribution in [0.25, 0.3) is 0 Å². The van der Waals surface area contributed by atoms with Crippen LogP contribution in [0.5, 0.6) is 11.5 Å². The van der Waals surface area contributed by atoms with E-state index >= 15 is 0 Å². The van der Waals surface area contributed by atoms with Crippen molar-refractivity contribution in [3.8, 4) is 11.5 Å². The number of ether oxygens (including phenoxy) is 2. The lowest BCUT2D eigenvalue weighted by atomic mass is 10.1. The van der Waals surface area contributed by atoms with E-state index in [9.17, 15) is 4.79 Å². The number of thiophene rings is 1. The minimum Gasteiger partial charge on any atom is -0.496 e. The molecule has 1 aromatic heterocycles. The molecule has 0 aliphatic carbocycles. The van der Waals surface area contributed by atoms with Gasteiger partial charge in [-0.2, -0.15) is 0 Å². The zero-order chi connectivity index (χ0) is 13.8. The molecule has 0 saturated heterocycles. The minimum atomic E-state index is -0.00702. The summed E-state index contributed by atoms with van der Waals surface area (Å²) in [5.74, 6) is 1.26. The summed E-state index contributed by atoms with van der Waals surface area (Å²) in [6.45, 7) is 0. The summed E-state index contributed by atoms with van der Waals surface area (Å²) in [7, 11) is 3.13. The molecule has 3 nitrogen and oxygen atoms in total. The molecule has 0 aliphatic heterocycles. The Labute approximate surface area is 120 Å². The number of ketones is 1. The van der Waals surface area contributed by atoms with E-state index < -0.39 is 0 Å². The number of hydrogen-bond donors (Lipinski definition) is 0. The zero-order valence-corrected chi connectivity index (χ0v) is 12.2. The summed E-state index contributed by atoms with van der Waals surface area (Å²) in [5.41, 5.74) is 0.774. The van der Waals surface area contributed by atoms with Crippen molar-refractivity contribution in [2.45, 2.75) is 6.42 Å². The third-order valence-corrected chi connectivity index (χ3v) is 3.87. The summed E-state index contributed by atoms with van der Waals surface area (Å²) in [5, 5.41) is 2.42. The maximum atomic E-state index is 12.3. The second-order valence-corrected chi connectivity index (χ2v) is 5.23. The normalized spacial score (nSPS) is 10.3. The Bertz CT molecular complexity index is 592. The molecule has 1 heterocycles. The third-order valence-electron chi connectivity index (χ3n) is 2.70. The van der Waals surface area contributed by atoms with E-state index in [-0.39, 0.29) is 12.2 Å². The molecule has 100 valence electrons. The zero-order valence-electron chi connectivity index (χ0n) is 10.6. The Morgan fingerprint density at radius 1 is 1.21 bits per heavy atom. The van der Waals surface area contributed by atoms with Gasteiger partial charge in [0.25, 0.3) is 0 Å². The molecule has 0 radical (unpaired) electrons. The Morgan fingerprint density at radius 3 is 2.63 bits per heavy atom. The van der Waals surface area contributed by atoms with Crippen molar-refractivity contribution >= 4 is 28.7 Å². The number of methoxy groups -OCH3 is 2. The van der Waals surface area contributed by atoms with Crippen molar-refractivity contribution in [2.24, 2.45) is 0 Å². The summed E-state index contributed by atoms with van der Waals surface area (Å²) in [6.07, 6.45) is 0.237. The van der Waals surface area contributed by atoms with Crippen molar-refractivity contribution in [1.29, 1.82) is 0 Å². The molecule has 19 heavy (non-hydrogen) atoms. The van der Waals surface area contributed by atoms with Gasteiger partial charge in [0.05, 0.1) is 14.2 Å². The lowest BCUT2D eigenvalue weighted by molar-refractivity contribution is 0.0993. The first-order chi connectivity index (χ1) is 9.15. The fourth-order valence-corrected chi connectivity index (χ4v) is 2.79. The molecule has 0 atom stereocenters. The number of halogens is 1. The van der Waals surface area contributed by atoms with Gasteiger partial charge in [-0.05, 0) is 29.6 Å². The van der Waals surface area contributed by atoms with Crippen LogP contribution in [0.3, 0.4) is 0 Å². The van der Waals surface area contributed by atoms with Gasteiger partial charge in [-0.3, -0.25) is 4.79 Å². The second-order valence-electron chi connectivity index (χ2n) is 3.87. The molecule has 0 unspecified atom stereocenters. The summed E-state index contributed by atoms with van der Waals surface area (Å²) in [6, 6.07) is 7.03. The van der Waals surface area contributed by atoms with Crippen LogP contribution in [0.4, 0.5) is 0 Å². The SMILES string of the molecule is COc1ccc(Cl)cc1CC(=O)c1sccc1OC. The highest BCUT2D eigenvalue weighted by Gasteiger charge is 2.16. The number of rotatable bonds is 5. The first-order valence-electron chi connectivity index (χ1n) is 5.62. The van der Waals surface area contributed by atoms with Crippen LogP contribution in [0.1, 0.15) is 15.2 Å². The van der Waals surface area contributed by atoms with E-state index in [2.05, 4.69) is 0 Å². The number of carbonyl (C=O) groups is 1. The largest absolute Gasteiger partial charge is 0.496 e. The molecule has 0 N–H and O–H groups in total. The van der Waals surface area contributed by atoms with Gasteiger partial charge in [-0.15, -0.1) is 11.3 Å². The van der Waals surface area contributed by atoms with Crippen molar-refractivity contribution in [3.05, 3.63) is 45.1 Å². The summed E-state index contributed by atoms with van der Waals surface area (Å²) >= 11 is 7.32. The lowest BCUT2D eigenvalue weighted by Gasteiger charge is -2.08. The van der Waals surface area contributed by atoms with E-state index in [0.717, 1.165) is 5.56 Å². The number of hydrogen-bond acceptors (Lipinski definition) is 4. The molecule has 2 aromatic rings. The van der Waals surface area contributed by atoms with Crippen molar-refractivity contribution in [1.82, 2.24) is 0 Å². The Kier molecular flexibility index (Phi) is 4.45. The van der Waals surface area contributed by atoms with Crippen LogP contribution in [0.2, 0.25) is 5.02 Å². The average molecular weight is 297 g/mol. The molecule has 0 aliphatic rings. The highest BCUT2D eigenvalue weighted by molar-refractivity contribution is 7.12. The van der Waals surface area contributed by atoms with Gasteiger partial charge in [0.1, 0.15) is 16.4 Å². The topological polar surface area (TPSA) is 35.5 Å². The predicted octanol–water partition coefficient (Wildman–Crippen LogP) is 3.84. The molecule has 2 rings (SSSR count). The van der Waals surface area contributed by atoms with E-state index in [1.165, 1.54) is 11.3 Å². The molecule has 0 fully saturated rings. The number of Topliss-reactive ketones (excluding diaryl/α,β-unsaturated/α-hetero) is 1. The Morgan fingerprint density at radius 2 is 1.95 bits per heavy atom. The van der Waals surface area contributed by atoms with Crippen LogP contribution < -0.4 is 9.47 Å². The van der Waals surface area contributed by atoms with Crippen LogP contribution in [-0.4, -0.2) is 20.0 Å². The van der Waals surface area contributed by atoms with Crippen molar-refractivity contribution < 1.29 is 14.3 Å². The molecule has 1 aromatic carbocycles. The van der Waals surface area contributed by atoms with Gasteiger partial charge in [-0.1, -0.05) is 11.6 Å². The van der Waals surface area contributed by atoms with Crippen molar-refractivity contribution in [2.75, 3.05) is 14.2 Å². The van der Waals surface area contributed by atoms with E-state index in [0.29, 0.717) is 21.4 Å². The quantitative estimate of drug-likeness (QED) is 0.786. The monoisotopic (exact) mass is 296 g/mol. The van der Waals surface area contributed by atoms with Crippen LogP contribution >= 0.6 is 22.9 Å². The molecular weight excluding hydrogens is 284 g/mol. The molecule has 0 saturated carbocycles. The van der Waals surface area contributed by atoms with Crippen LogP contribution in [-0.2, 0) is 6.42 Å². The van der Waals surface area contributed by atoms with Gasteiger partial charge in [0, 0.05) is 17.0 Å². The smallest absolute Gasteiger partial charge is 0.181 e. The third kappa shape index (κ3) is 3.08. The van der Waals surface area contributed by atoms with Gasteiger partial charge in [0.2, 0.25) is 0 Å². The van der Waals surface area contributed by atoms with Crippen molar-refractivity contribution in [3.63, 3.8) is 0 Å². The van der Waals surface area contributed by atoms with Crippen LogP contribution in [0, 0.1) is 0 Å². The fourth-order valence-electron chi connectivity index (χ4n) is 1.80. The highest BCUT2D eigenvalue weighted by Crippen LogP contribution is 2.29. The number of carbonyl (C=O) groups excluding carboxylic acids is 1. The van der Waals surface area contributed by atoms with Gasteiger partial charge in [0.15, 0.2) is 5.78 Å². The maximum absolute atomic E-state index is 12.3. The van der Waals surface area contributed by atoms with Gasteiger partial charge < -0.3 is 9.47 Å². The molecule has 0 spiro atoms. The minimum absolute atomic E-state index is 0.00702. The van der Waals surface area contributed by atoms with E-state index in [1.54, 1.807) is 38.5 Å². The first-order valence-corrected chi connectivity index (χ1v) is 6.88. The van der Waals surface area contributed by atoms with E-state index in [1.807, 2.05) is 5.38 Å². The molecule has 0 amide bonds. The molecular formula is C14H13ClO3S. The van der Waals surface area contributed by atoms with Gasteiger partial charge >= 0.3 is 0 Å². The first kappa shape index (κ1) is 13.9. The second kappa shape index (κ2) is 6.08. The van der Waals surface area contributed by atoms with Crippen LogP contribution in [0.15, 0.2) is 29.6 Å². The summed E-state index contributed by atoms with van der Waals surface area (Å²) in [4.78, 5) is 12.9. The standard InChI is InChI=1S/C14H13ClO3S/c1-17-12-4-3-10(15)7-9(12)8-11(16)14-13(18-2)5-6-19-14/h3-7H,8H2,1-2H3. The fraction of sp³-hybridized carbons (Fsp3) is 0.214. The lowest BCUT2D eigenvalue weighted by Crippen LogP contribution is -2.04. The van der Waals surface area contributed by atoms with Gasteiger partial charge in [-0.25, -0.2) is 0 Å². The maximum Gasteiger partial charge on any atom is 0.181 e. The Hall–Kier alpha value is -1.52.